The smallest absolute Gasteiger partial charge is 0.269 e. The number of benzene rings is 1. The number of nitrogens with zero attached hydrogens (tertiary/aromatic N) is 1. The predicted molar refractivity (Wildman–Crippen MR) is 73.5 cm³/mol. The summed E-state index contributed by atoms with van der Waals surface area (Å²) in [5.74, 6) is 0.683. The van der Waals surface area contributed by atoms with E-state index in [-0.39, 0.29) is 10.6 Å². The molecule has 0 aliphatic heterocycles. The van der Waals surface area contributed by atoms with Gasteiger partial charge >= 0.3 is 0 Å². The Labute approximate surface area is 109 Å². The fourth-order valence-corrected chi connectivity index (χ4v) is 2.18. The molecule has 0 heterocycles. The summed E-state index contributed by atoms with van der Waals surface area (Å²) in [6.45, 7) is 7.37. The SMILES string of the molecule is CCC(CC)C(C)NCc1ccc([N+](=O)[O-])cc1. The van der Waals surface area contributed by atoms with Crippen molar-refractivity contribution in [2.24, 2.45) is 5.92 Å². The van der Waals surface area contributed by atoms with Crippen molar-refractivity contribution in [2.45, 2.75) is 46.2 Å². The molecule has 0 spiro atoms. The van der Waals surface area contributed by atoms with Crippen molar-refractivity contribution >= 4 is 5.69 Å². The molecule has 4 heteroatoms. The average molecular weight is 250 g/mol. The minimum atomic E-state index is -0.371. The van der Waals surface area contributed by atoms with Crippen molar-refractivity contribution in [1.29, 1.82) is 0 Å². The minimum Gasteiger partial charge on any atom is -0.310 e. The zero-order valence-electron chi connectivity index (χ0n) is 11.3. The molecule has 1 rings (SSSR count). The summed E-state index contributed by atoms with van der Waals surface area (Å²) in [6.07, 6.45) is 2.34. The van der Waals surface area contributed by atoms with Crippen molar-refractivity contribution in [1.82, 2.24) is 5.32 Å². The van der Waals surface area contributed by atoms with Crippen LogP contribution in [0.15, 0.2) is 24.3 Å². The lowest BCUT2D eigenvalue weighted by Crippen LogP contribution is -2.32. The van der Waals surface area contributed by atoms with E-state index in [1.54, 1.807) is 12.1 Å². The zero-order valence-corrected chi connectivity index (χ0v) is 11.3. The van der Waals surface area contributed by atoms with Gasteiger partial charge in [-0.2, -0.15) is 0 Å². The van der Waals surface area contributed by atoms with Gasteiger partial charge in [0.05, 0.1) is 4.92 Å². The summed E-state index contributed by atoms with van der Waals surface area (Å²) in [5, 5.41) is 14.0. The summed E-state index contributed by atoms with van der Waals surface area (Å²) in [4.78, 5) is 10.2. The quantitative estimate of drug-likeness (QED) is 0.595. The van der Waals surface area contributed by atoms with Crippen LogP contribution in [-0.2, 0) is 6.54 Å². The molecule has 1 N–H and O–H groups in total. The van der Waals surface area contributed by atoms with Crippen LogP contribution in [0.25, 0.3) is 0 Å². The standard InChI is InChI=1S/C14H22N2O2/c1-4-13(5-2)11(3)15-10-12-6-8-14(9-7-12)16(17)18/h6-9,11,13,15H,4-5,10H2,1-3H3. The molecule has 0 fully saturated rings. The Morgan fingerprint density at radius 3 is 2.22 bits per heavy atom. The highest BCUT2D eigenvalue weighted by atomic mass is 16.6. The van der Waals surface area contributed by atoms with Gasteiger partial charge in [0.15, 0.2) is 0 Å². The molecule has 0 saturated heterocycles. The molecule has 0 amide bonds. The molecule has 0 aliphatic rings. The zero-order chi connectivity index (χ0) is 13.5. The minimum absolute atomic E-state index is 0.145. The maximum absolute atomic E-state index is 10.5. The second-order valence-corrected chi connectivity index (χ2v) is 4.67. The molecule has 18 heavy (non-hydrogen) atoms. The first-order valence-corrected chi connectivity index (χ1v) is 6.55. The highest BCUT2D eigenvalue weighted by molar-refractivity contribution is 5.32. The fourth-order valence-electron chi connectivity index (χ4n) is 2.18. The van der Waals surface area contributed by atoms with Crippen LogP contribution < -0.4 is 5.32 Å². The van der Waals surface area contributed by atoms with Crippen LogP contribution in [0, 0.1) is 16.0 Å². The molecular formula is C14H22N2O2. The number of hydrogen-bond acceptors (Lipinski definition) is 3. The summed E-state index contributed by atoms with van der Waals surface area (Å²) in [5.41, 5.74) is 1.23. The monoisotopic (exact) mass is 250 g/mol. The van der Waals surface area contributed by atoms with Gasteiger partial charge in [-0.15, -0.1) is 0 Å². The summed E-state index contributed by atoms with van der Waals surface area (Å²) < 4.78 is 0. The van der Waals surface area contributed by atoms with E-state index in [4.69, 9.17) is 0 Å². The van der Waals surface area contributed by atoms with Crippen molar-refractivity contribution in [3.8, 4) is 0 Å². The Kier molecular flexibility index (Phi) is 5.78. The van der Waals surface area contributed by atoms with E-state index in [1.807, 2.05) is 12.1 Å². The third kappa shape index (κ3) is 4.11. The molecule has 0 bridgehead atoms. The highest BCUT2D eigenvalue weighted by Crippen LogP contribution is 2.15. The van der Waals surface area contributed by atoms with Gasteiger partial charge < -0.3 is 5.32 Å². The molecule has 0 saturated carbocycles. The number of nitro benzene ring substituents is 1. The van der Waals surface area contributed by atoms with Crippen molar-refractivity contribution in [3.05, 3.63) is 39.9 Å². The second kappa shape index (κ2) is 7.11. The molecule has 4 nitrogen and oxygen atoms in total. The Hall–Kier alpha value is -1.42. The van der Waals surface area contributed by atoms with Crippen molar-refractivity contribution < 1.29 is 4.92 Å². The normalized spacial score (nSPS) is 12.7. The van der Waals surface area contributed by atoms with Crippen LogP contribution in [0.2, 0.25) is 0 Å². The molecule has 0 aliphatic carbocycles. The van der Waals surface area contributed by atoms with Crippen LogP contribution in [0.5, 0.6) is 0 Å². The first kappa shape index (κ1) is 14.6. The van der Waals surface area contributed by atoms with E-state index in [0.717, 1.165) is 12.1 Å². The molecule has 100 valence electrons. The first-order valence-electron chi connectivity index (χ1n) is 6.55. The van der Waals surface area contributed by atoms with Crippen molar-refractivity contribution in [2.75, 3.05) is 0 Å². The number of rotatable bonds is 7. The van der Waals surface area contributed by atoms with Gasteiger partial charge in [0.1, 0.15) is 0 Å². The van der Waals surface area contributed by atoms with E-state index < -0.39 is 0 Å². The number of nitro groups is 1. The third-order valence-electron chi connectivity index (χ3n) is 3.53. The molecule has 1 unspecified atom stereocenters. The fraction of sp³-hybridized carbons (Fsp3) is 0.571. The van der Waals surface area contributed by atoms with Gasteiger partial charge in [-0.05, 0) is 18.4 Å². The lowest BCUT2D eigenvalue weighted by molar-refractivity contribution is -0.384. The Balaban J connectivity index is 2.50. The molecular weight excluding hydrogens is 228 g/mol. The Morgan fingerprint density at radius 1 is 1.22 bits per heavy atom. The Morgan fingerprint density at radius 2 is 1.78 bits per heavy atom. The highest BCUT2D eigenvalue weighted by Gasteiger charge is 2.12. The lowest BCUT2D eigenvalue weighted by atomic mass is 9.95. The third-order valence-corrected chi connectivity index (χ3v) is 3.53. The maximum Gasteiger partial charge on any atom is 0.269 e. The number of nitrogens with one attached hydrogen (secondary N) is 1. The van der Waals surface area contributed by atoms with Crippen LogP contribution in [0.4, 0.5) is 5.69 Å². The van der Waals surface area contributed by atoms with Crippen molar-refractivity contribution in [3.63, 3.8) is 0 Å². The lowest BCUT2D eigenvalue weighted by Gasteiger charge is -2.22. The molecule has 1 atom stereocenters. The largest absolute Gasteiger partial charge is 0.310 e. The van der Waals surface area contributed by atoms with Crippen LogP contribution >= 0.6 is 0 Å². The summed E-state index contributed by atoms with van der Waals surface area (Å²) in [7, 11) is 0. The topological polar surface area (TPSA) is 55.2 Å². The molecule has 0 radical (unpaired) electrons. The van der Waals surface area contributed by atoms with Crippen LogP contribution in [0.3, 0.4) is 0 Å². The van der Waals surface area contributed by atoms with Crippen LogP contribution in [-0.4, -0.2) is 11.0 Å². The van der Waals surface area contributed by atoms with E-state index in [0.29, 0.717) is 12.0 Å². The summed E-state index contributed by atoms with van der Waals surface area (Å²) in [6, 6.07) is 7.20. The maximum atomic E-state index is 10.5. The van der Waals surface area contributed by atoms with Gasteiger partial charge in [-0.3, -0.25) is 10.1 Å². The second-order valence-electron chi connectivity index (χ2n) is 4.67. The van der Waals surface area contributed by atoms with Gasteiger partial charge in [-0.1, -0.05) is 38.8 Å². The van der Waals surface area contributed by atoms with E-state index >= 15 is 0 Å². The molecule has 1 aromatic rings. The molecule has 0 aromatic heterocycles. The summed E-state index contributed by atoms with van der Waals surface area (Å²) >= 11 is 0. The van der Waals surface area contributed by atoms with Gasteiger partial charge in [0.25, 0.3) is 5.69 Å². The number of hydrogen-bond donors (Lipinski definition) is 1. The van der Waals surface area contributed by atoms with E-state index in [1.165, 1.54) is 12.8 Å². The Bertz CT molecular complexity index is 372. The molecule has 1 aromatic carbocycles. The van der Waals surface area contributed by atoms with Gasteiger partial charge in [0, 0.05) is 24.7 Å². The average Bonchev–Trinajstić information content (AvgIpc) is 2.38. The van der Waals surface area contributed by atoms with E-state index in [9.17, 15) is 10.1 Å². The number of non-ortho nitro benzene ring substituents is 1. The predicted octanol–water partition coefficient (Wildman–Crippen LogP) is 3.51. The van der Waals surface area contributed by atoms with Gasteiger partial charge in [-0.25, -0.2) is 0 Å². The van der Waals surface area contributed by atoms with Gasteiger partial charge in [0.2, 0.25) is 0 Å². The van der Waals surface area contributed by atoms with E-state index in [2.05, 4.69) is 26.1 Å². The first-order chi connectivity index (χ1) is 8.58. The van der Waals surface area contributed by atoms with Crippen LogP contribution in [0.1, 0.15) is 39.2 Å².